The molecule has 1 aromatic carbocycles. The fourth-order valence-corrected chi connectivity index (χ4v) is 3.72. The van der Waals surface area contributed by atoms with Crippen LogP contribution in [0.25, 0.3) is 0 Å². The number of nitrogens with one attached hydrogen (secondary N) is 2. The predicted octanol–water partition coefficient (Wildman–Crippen LogP) is 1.92. The van der Waals surface area contributed by atoms with Gasteiger partial charge < -0.3 is 20.7 Å². The highest BCUT2D eigenvalue weighted by Crippen LogP contribution is 2.26. The fourth-order valence-electron chi connectivity index (χ4n) is 1.71. The SMILES string of the molecule is NCCOC(=O)Nc1ccc(S(=O)(=O)Nc2scnc2C(=O)O)cc1F.O=C(O)C(F)(F)F. The van der Waals surface area contributed by atoms with Gasteiger partial charge in [0.15, 0.2) is 5.69 Å². The number of carboxylic acid groups (broad SMARTS) is 2. The number of nitrogens with zero attached hydrogens (tertiary/aromatic N) is 1. The average Bonchev–Trinajstić information content (AvgIpc) is 3.15. The molecule has 18 heteroatoms. The smallest absolute Gasteiger partial charge is 0.476 e. The van der Waals surface area contributed by atoms with Crippen molar-refractivity contribution >= 4 is 50.1 Å². The van der Waals surface area contributed by atoms with E-state index in [2.05, 4.69) is 15.0 Å². The van der Waals surface area contributed by atoms with E-state index in [1.807, 2.05) is 4.72 Å². The molecule has 0 aliphatic carbocycles. The Morgan fingerprint density at radius 3 is 2.30 bits per heavy atom. The van der Waals surface area contributed by atoms with Gasteiger partial charge in [-0.2, -0.15) is 13.2 Å². The van der Waals surface area contributed by atoms with Crippen LogP contribution in [0.15, 0.2) is 28.6 Å². The summed E-state index contributed by atoms with van der Waals surface area (Å²) in [6, 6.07) is 2.73. The molecule has 12 nitrogen and oxygen atoms in total. The Bertz CT molecular complexity index is 1120. The van der Waals surface area contributed by atoms with Gasteiger partial charge in [0.2, 0.25) is 0 Å². The molecule has 0 aliphatic rings. The Morgan fingerprint density at radius 1 is 1.21 bits per heavy atom. The topological polar surface area (TPSA) is 198 Å². The van der Waals surface area contributed by atoms with Crippen LogP contribution in [0.4, 0.5) is 33.0 Å². The molecule has 6 N–H and O–H groups in total. The van der Waals surface area contributed by atoms with Crippen LogP contribution >= 0.6 is 11.3 Å². The van der Waals surface area contributed by atoms with Crippen LogP contribution in [0, 0.1) is 5.82 Å². The van der Waals surface area contributed by atoms with E-state index in [1.165, 1.54) is 0 Å². The number of hydrogen-bond acceptors (Lipinski definition) is 9. The van der Waals surface area contributed by atoms with Crippen LogP contribution < -0.4 is 15.8 Å². The summed E-state index contributed by atoms with van der Waals surface area (Å²) in [5, 5.41) is 17.9. The molecule has 0 atom stereocenters. The van der Waals surface area contributed by atoms with Gasteiger partial charge in [0, 0.05) is 6.54 Å². The van der Waals surface area contributed by atoms with Crippen LogP contribution in [0.2, 0.25) is 0 Å². The molecular weight excluding hydrogens is 504 g/mol. The summed E-state index contributed by atoms with van der Waals surface area (Å²) in [4.78, 5) is 34.3. The minimum Gasteiger partial charge on any atom is -0.476 e. The largest absolute Gasteiger partial charge is 0.490 e. The molecule has 0 spiro atoms. The number of carbonyl (C=O) groups excluding carboxylic acids is 1. The molecule has 1 heterocycles. The van der Waals surface area contributed by atoms with Gasteiger partial charge in [-0.15, -0.1) is 11.3 Å². The minimum atomic E-state index is -5.08. The van der Waals surface area contributed by atoms with Crippen molar-refractivity contribution < 1.29 is 55.3 Å². The first-order chi connectivity index (χ1) is 15.2. The monoisotopic (exact) mass is 518 g/mol. The maximum Gasteiger partial charge on any atom is 0.490 e. The quantitative estimate of drug-likeness (QED) is 0.338. The molecule has 2 aromatic rings. The second-order valence-corrected chi connectivity index (χ2v) is 7.97. The molecule has 0 bridgehead atoms. The number of carboxylic acids is 2. The summed E-state index contributed by atoms with van der Waals surface area (Å²) in [7, 11) is -4.26. The van der Waals surface area contributed by atoms with Crippen molar-refractivity contribution in [3.63, 3.8) is 0 Å². The molecule has 2 rings (SSSR count). The average molecular weight is 518 g/mol. The zero-order valence-corrected chi connectivity index (χ0v) is 17.6. The Morgan fingerprint density at radius 2 is 1.82 bits per heavy atom. The number of sulfonamides is 1. The summed E-state index contributed by atoms with van der Waals surface area (Å²) in [5.74, 6) is -5.20. The Labute approximate surface area is 186 Å². The number of rotatable bonds is 7. The standard InChI is InChI=1S/C13H13FN4O6S2.C2HF3O2/c14-8-5-7(1-2-9(8)17-13(21)24-4-3-15)26(22,23)18-11-10(12(19)20)16-6-25-11;3-2(4,5)1(6)7/h1-2,5-6,18H,3-4,15H2,(H,17,21)(H,19,20);(H,6,7). The summed E-state index contributed by atoms with van der Waals surface area (Å²) in [5.41, 5.74) is 5.55. The van der Waals surface area contributed by atoms with Crippen molar-refractivity contribution in [2.24, 2.45) is 5.73 Å². The minimum absolute atomic E-state index is 0.0649. The fraction of sp³-hybridized carbons (Fsp3) is 0.200. The Kier molecular flexibility index (Phi) is 9.49. The third-order valence-corrected chi connectivity index (χ3v) is 5.30. The first-order valence-electron chi connectivity index (χ1n) is 8.12. The van der Waals surface area contributed by atoms with Crippen LogP contribution in [0.1, 0.15) is 10.5 Å². The second-order valence-electron chi connectivity index (χ2n) is 5.43. The van der Waals surface area contributed by atoms with Gasteiger partial charge in [-0.05, 0) is 18.2 Å². The molecule has 0 saturated heterocycles. The predicted molar refractivity (Wildman–Crippen MR) is 104 cm³/mol. The van der Waals surface area contributed by atoms with E-state index in [-0.39, 0.29) is 23.8 Å². The zero-order chi connectivity index (χ0) is 25.4. The van der Waals surface area contributed by atoms with Crippen molar-refractivity contribution in [1.82, 2.24) is 4.98 Å². The van der Waals surface area contributed by atoms with Crippen LogP contribution in [0.3, 0.4) is 0 Å². The third-order valence-electron chi connectivity index (χ3n) is 3.08. The van der Waals surface area contributed by atoms with E-state index in [4.69, 9.17) is 20.7 Å². The number of nitrogens with two attached hydrogens (primary N) is 1. The first kappa shape index (κ1) is 27.5. The number of aromatic nitrogens is 1. The highest BCUT2D eigenvalue weighted by molar-refractivity contribution is 7.93. The second kappa shape index (κ2) is 11.4. The first-order valence-corrected chi connectivity index (χ1v) is 10.5. The Hall–Kier alpha value is -3.51. The van der Waals surface area contributed by atoms with Crippen molar-refractivity contribution in [2.45, 2.75) is 11.1 Å². The van der Waals surface area contributed by atoms with E-state index in [0.717, 1.165) is 29.0 Å². The van der Waals surface area contributed by atoms with Crippen LogP contribution in [0.5, 0.6) is 0 Å². The van der Waals surface area contributed by atoms with Crippen molar-refractivity contribution in [3.8, 4) is 0 Å². The molecule has 1 amide bonds. The molecule has 0 radical (unpaired) electrons. The highest BCUT2D eigenvalue weighted by atomic mass is 32.2. The van der Waals surface area contributed by atoms with Gasteiger partial charge in [-0.1, -0.05) is 0 Å². The molecule has 0 aliphatic heterocycles. The lowest BCUT2D eigenvalue weighted by Crippen LogP contribution is -2.21. The maximum absolute atomic E-state index is 14.1. The molecule has 1 aromatic heterocycles. The van der Waals surface area contributed by atoms with Gasteiger partial charge >= 0.3 is 24.2 Å². The van der Waals surface area contributed by atoms with Gasteiger partial charge in [-0.3, -0.25) is 10.0 Å². The number of alkyl halides is 3. The van der Waals surface area contributed by atoms with E-state index in [9.17, 15) is 35.6 Å². The van der Waals surface area contributed by atoms with E-state index in [1.54, 1.807) is 0 Å². The van der Waals surface area contributed by atoms with Crippen molar-refractivity contribution in [3.05, 3.63) is 35.2 Å². The number of aromatic carboxylic acids is 1. The number of anilines is 2. The molecule has 0 saturated carbocycles. The number of ether oxygens (including phenoxy) is 1. The van der Waals surface area contributed by atoms with Crippen LogP contribution in [-0.4, -0.2) is 61.0 Å². The normalized spacial score (nSPS) is 11.1. The maximum atomic E-state index is 14.1. The van der Waals surface area contributed by atoms with E-state index in [0.29, 0.717) is 6.07 Å². The number of halogens is 4. The lowest BCUT2D eigenvalue weighted by molar-refractivity contribution is -0.192. The zero-order valence-electron chi connectivity index (χ0n) is 15.9. The molecular formula is C15H14F4N4O8S2. The molecule has 33 heavy (non-hydrogen) atoms. The summed E-state index contributed by atoms with van der Waals surface area (Å²) in [6.07, 6.45) is -6.03. The lowest BCUT2D eigenvalue weighted by Gasteiger charge is -2.10. The molecule has 182 valence electrons. The molecule has 0 unspecified atom stereocenters. The number of thiazole rings is 1. The Balaban J connectivity index is 0.000000675. The number of aliphatic carboxylic acids is 1. The van der Waals surface area contributed by atoms with Gasteiger partial charge in [-0.25, -0.2) is 32.2 Å². The van der Waals surface area contributed by atoms with Crippen molar-refractivity contribution in [1.29, 1.82) is 0 Å². The summed E-state index contributed by atoms with van der Waals surface area (Å²) < 4.78 is 77.0. The number of benzene rings is 1. The lowest BCUT2D eigenvalue weighted by atomic mass is 10.3. The summed E-state index contributed by atoms with van der Waals surface area (Å²) >= 11 is 0.763. The van der Waals surface area contributed by atoms with Gasteiger partial charge in [0.05, 0.1) is 16.1 Å². The van der Waals surface area contributed by atoms with Gasteiger partial charge in [0.25, 0.3) is 10.0 Å². The summed E-state index contributed by atoms with van der Waals surface area (Å²) in [6.45, 7) is 0.0270. The third kappa shape index (κ3) is 8.50. The number of hydrogen-bond donors (Lipinski definition) is 5. The number of amides is 1. The van der Waals surface area contributed by atoms with Crippen LogP contribution in [-0.2, 0) is 19.6 Å². The van der Waals surface area contributed by atoms with E-state index < -0.39 is 50.6 Å². The number of carbonyl (C=O) groups is 3. The van der Waals surface area contributed by atoms with E-state index >= 15 is 0 Å². The van der Waals surface area contributed by atoms with Gasteiger partial charge in [0.1, 0.15) is 17.4 Å². The van der Waals surface area contributed by atoms with Crippen molar-refractivity contribution in [2.75, 3.05) is 23.2 Å². The highest BCUT2D eigenvalue weighted by Gasteiger charge is 2.38. The molecule has 0 fully saturated rings.